The molecule has 0 spiro atoms. The molecule has 5 heteroatoms. The number of amidine groups is 1. The van der Waals surface area contributed by atoms with E-state index in [-0.39, 0.29) is 29.1 Å². The monoisotopic (exact) mass is 241 g/mol. The fourth-order valence-corrected chi connectivity index (χ4v) is 2.00. The summed E-state index contributed by atoms with van der Waals surface area (Å²) in [6, 6.07) is 0.144. The highest BCUT2D eigenvalue weighted by Crippen LogP contribution is 2.52. The number of hydrogen-bond acceptors (Lipinski definition) is 3. The molecule has 0 bridgehead atoms. The van der Waals surface area contributed by atoms with Crippen LogP contribution in [0.1, 0.15) is 40.5 Å². The van der Waals surface area contributed by atoms with Gasteiger partial charge in [-0.1, -0.05) is 19.0 Å². The summed E-state index contributed by atoms with van der Waals surface area (Å²) >= 11 is 0. The van der Waals surface area contributed by atoms with Gasteiger partial charge < -0.3 is 15.8 Å². The van der Waals surface area contributed by atoms with E-state index in [2.05, 4.69) is 19.0 Å². The highest BCUT2D eigenvalue weighted by Gasteiger charge is 2.52. The normalized spacial score (nSPS) is 22.6. The highest BCUT2D eigenvalue weighted by molar-refractivity contribution is 5.84. The van der Waals surface area contributed by atoms with E-state index in [1.807, 2.05) is 18.7 Å². The zero-order valence-corrected chi connectivity index (χ0v) is 11.1. The Morgan fingerprint density at radius 2 is 2.12 bits per heavy atom. The lowest BCUT2D eigenvalue weighted by Crippen LogP contribution is -2.40. The van der Waals surface area contributed by atoms with Gasteiger partial charge in [-0.2, -0.15) is 0 Å². The van der Waals surface area contributed by atoms with Crippen LogP contribution in [0.25, 0.3) is 0 Å². The van der Waals surface area contributed by atoms with E-state index in [1.54, 1.807) is 0 Å². The molecule has 1 atom stereocenters. The van der Waals surface area contributed by atoms with E-state index in [9.17, 15) is 4.79 Å². The van der Waals surface area contributed by atoms with E-state index in [1.165, 1.54) is 0 Å². The number of hydrogen-bond donors (Lipinski definition) is 2. The van der Waals surface area contributed by atoms with Crippen molar-refractivity contribution in [3.8, 4) is 0 Å². The summed E-state index contributed by atoms with van der Waals surface area (Å²) in [4.78, 5) is 14.1. The van der Waals surface area contributed by atoms with Crippen LogP contribution in [0.2, 0.25) is 0 Å². The van der Waals surface area contributed by atoms with Crippen molar-refractivity contribution in [3.05, 3.63) is 0 Å². The van der Waals surface area contributed by atoms with Crippen LogP contribution in [0.15, 0.2) is 5.16 Å². The Morgan fingerprint density at radius 1 is 1.59 bits per heavy atom. The minimum Gasteiger partial charge on any atom is -0.409 e. The average molecular weight is 241 g/mol. The van der Waals surface area contributed by atoms with Crippen molar-refractivity contribution in [2.45, 2.75) is 46.6 Å². The van der Waals surface area contributed by atoms with Crippen molar-refractivity contribution in [1.82, 2.24) is 4.90 Å². The highest BCUT2D eigenvalue weighted by atomic mass is 16.4. The molecule has 17 heavy (non-hydrogen) atoms. The molecular weight excluding hydrogens is 218 g/mol. The third-order valence-corrected chi connectivity index (χ3v) is 3.46. The minimum atomic E-state index is 0.136. The molecule has 3 N–H and O–H groups in total. The minimum absolute atomic E-state index is 0.136. The van der Waals surface area contributed by atoms with Crippen LogP contribution in [0.5, 0.6) is 0 Å². The van der Waals surface area contributed by atoms with Gasteiger partial charge in [0.2, 0.25) is 5.91 Å². The molecule has 0 radical (unpaired) electrons. The maximum Gasteiger partial charge on any atom is 0.226 e. The van der Waals surface area contributed by atoms with Crippen LogP contribution in [-0.2, 0) is 4.79 Å². The molecule has 1 aliphatic carbocycles. The number of rotatable bonds is 5. The Morgan fingerprint density at radius 3 is 2.47 bits per heavy atom. The lowest BCUT2D eigenvalue weighted by atomic mass is 10.1. The topological polar surface area (TPSA) is 78.9 Å². The van der Waals surface area contributed by atoms with Gasteiger partial charge in [0.25, 0.3) is 0 Å². The lowest BCUT2D eigenvalue weighted by molar-refractivity contribution is -0.134. The summed E-state index contributed by atoms with van der Waals surface area (Å²) in [6.45, 7) is 8.70. The molecule has 0 heterocycles. The molecule has 0 saturated heterocycles. The number of amides is 1. The molecule has 0 aromatic rings. The van der Waals surface area contributed by atoms with Gasteiger partial charge in [0.1, 0.15) is 5.84 Å². The standard InChI is InChI=1S/C12H23N3O2/c1-8(2)15(6-5-10(13)14-17)11(16)9-7-12(9,3)4/h8-9,17H,5-7H2,1-4H3,(H2,13,14). The third kappa shape index (κ3) is 3.35. The smallest absolute Gasteiger partial charge is 0.226 e. The second kappa shape index (κ2) is 4.94. The van der Waals surface area contributed by atoms with Gasteiger partial charge in [-0.25, -0.2) is 0 Å². The van der Waals surface area contributed by atoms with Crippen molar-refractivity contribution in [3.63, 3.8) is 0 Å². The summed E-state index contributed by atoms with van der Waals surface area (Å²) in [5.41, 5.74) is 5.57. The fraction of sp³-hybridized carbons (Fsp3) is 0.833. The molecule has 1 fully saturated rings. The Balaban J connectivity index is 2.58. The molecule has 1 aliphatic rings. The molecule has 0 aromatic heterocycles. The molecule has 0 aromatic carbocycles. The van der Waals surface area contributed by atoms with Gasteiger partial charge in [-0.3, -0.25) is 4.79 Å². The molecule has 1 saturated carbocycles. The second-order valence-corrected chi connectivity index (χ2v) is 5.71. The van der Waals surface area contributed by atoms with Crippen molar-refractivity contribution in [2.24, 2.45) is 22.2 Å². The SMILES string of the molecule is CC(C)N(CCC(N)=NO)C(=O)C1CC1(C)C. The predicted molar refractivity (Wildman–Crippen MR) is 66.8 cm³/mol. The quantitative estimate of drug-likeness (QED) is 0.330. The van der Waals surface area contributed by atoms with Gasteiger partial charge in [-0.15, -0.1) is 0 Å². The predicted octanol–water partition coefficient (Wildman–Crippen LogP) is 1.41. The second-order valence-electron chi connectivity index (χ2n) is 5.71. The van der Waals surface area contributed by atoms with Gasteiger partial charge in [0.05, 0.1) is 0 Å². The van der Waals surface area contributed by atoms with Crippen LogP contribution >= 0.6 is 0 Å². The van der Waals surface area contributed by atoms with Crippen LogP contribution in [-0.4, -0.2) is 34.4 Å². The van der Waals surface area contributed by atoms with Gasteiger partial charge >= 0.3 is 0 Å². The first-order valence-corrected chi connectivity index (χ1v) is 6.06. The van der Waals surface area contributed by atoms with Crippen LogP contribution in [0.3, 0.4) is 0 Å². The fourth-order valence-electron chi connectivity index (χ4n) is 2.00. The largest absolute Gasteiger partial charge is 0.409 e. The summed E-state index contributed by atoms with van der Waals surface area (Å²) in [5, 5.41) is 11.4. The molecule has 1 amide bonds. The molecule has 1 rings (SSSR count). The molecule has 98 valence electrons. The first-order valence-electron chi connectivity index (χ1n) is 6.06. The lowest BCUT2D eigenvalue weighted by Gasteiger charge is -2.27. The Hall–Kier alpha value is -1.26. The average Bonchev–Trinajstić information content (AvgIpc) is 2.86. The van der Waals surface area contributed by atoms with Crippen LogP contribution in [0.4, 0.5) is 0 Å². The maximum atomic E-state index is 12.2. The van der Waals surface area contributed by atoms with Gasteiger partial charge in [-0.05, 0) is 25.7 Å². The Labute approximate surface area is 103 Å². The number of oxime groups is 1. The summed E-state index contributed by atoms with van der Waals surface area (Å²) in [7, 11) is 0. The Bertz CT molecular complexity index is 324. The van der Waals surface area contributed by atoms with Crippen molar-refractivity contribution >= 4 is 11.7 Å². The van der Waals surface area contributed by atoms with Crippen LogP contribution < -0.4 is 5.73 Å². The van der Waals surface area contributed by atoms with E-state index in [4.69, 9.17) is 10.9 Å². The van der Waals surface area contributed by atoms with E-state index >= 15 is 0 Å². The Kier molecular flexibility index (Phi) is 4.01. The first kappa shape index (κ1) is 13.8. The number of nitrogens with two attached hydrogens (primary N) is 1. The molecule has 1 unspecified atom stereocenters. The molecule has 5 nitrogen and oxygen atoms in total. The zero-order valence-electron chi connectivity index (χ0n) is 11.1. The van der Waals surface area contributed by atoms with E-state index in [0.717, 1.165) is 6.42 Å². The maximum absolute atomic E-state index is 12.2. The summed E-state index contributed by atoms with van der Waals surface area (Å²) < 4.78 is 0. The number of carbonyl (C=O) groups excluding carboxylic acids is 1. The number of carbonyl (C=O) groups is 1. The van der Waals surface area contributed by atoms with E-state index in [0.29, 0.717) is 13.0 Å². The van der Waals surface area contributed by atoms with Crippen molar-refractivity contribution in [1.29, 1.82) is 0 Å². The molecule has 0 aliphatic heterocycles. The number of nitrogens with zero attached hydrogens (tertiary/aromatic N) is 2. The van der Waals surface area contributed by atoms with Crippen LogP contribution in [0, 0.1) is 11.3 Å². The summed E-state index contributed by atoms with van der Waals surface area (Å²) in [5.74, 6) is 0.492. The van der Waals surface area contributed by atoms with Crippen molar-refractivity contribution < 1.29 is 10.0 Å². The molecular formula is C12H23N3O2. The third-order valence-electron chi connectivity index (χ3n) is 3.46. The zero-order chi connectivity index (χ0) is 13.2. The van der Waals surface area contributed by atoms with Gasteiger partial charge in [0, 0.05) is 24.9 Å². The van der Waals surface area contributed by atoms with E-state index < -0.39 is 0 Å². The first-order chi connectivity index (χ1) is 7.79. The van der Waals surface area contributed by atoms with Crippen molar-refractivity contribution in [2.75, 3.05) is 6.54 Å². The summed E-state index contributed by atoms with van der Waals surface area (Å²) in [6.07, 6.45) is 1.37. The van der Waals surface area contributed by atoms with Gasteiger partial charge in [0.15, 0.2) is 0 Å².